The molecule has 0 radical (unpaired) electrons. The zero-order valence-electron chi connectivity index (χ0n) is 21.8. The number of fused-ring (bicyclic) bond motifs is 3. The van der Waals surface area contributed by atoms with Crippen molar-refractivity contribution in [2.24, 2.45) is 23.5 Å². The van der Waals surface area contributed by atoms with Gasteiger partial charge >= 0.3 is 0 Å². The van der Waals surface area contributed by atoms with Gasteiger partial charge in [0.1, 0.15) is 22.8 Å². The molecule has 1 saturated carbocycles. The number of phenols is 1. The second kappa shape index (κ2) is 9.46. The zero-order valence-corrected chi connectivity index (χ0v) is 21.8. The zero-order chi connectivity index (χ0) is 28.3. The summed E-state index contributed by atoms with van der Waals surface area (Å²) in [5.41, 5.74) is 3.19. The molecule has 0 heterocycles. The number of ketones is 2. The maximum Gasteiger partial charge on any atom is 0.255 e. The molecular weight excluding hydrogens is 494 g/mol. The first-order valence-electron chi connectivity index (χ1n) is 12.5. The molecule has 204 valence electrons. The van der Waals surface area contributed by atoms with Crippen LogP contribution in [0, 0.1) is 17.8 Å². The summed E-state index contributed by atoms with van der Waals surface area (Å²) >= 11 is 0. The third-order valence-electron chi connectivity index (χ3n) is 7.72. The van der Waals surface area contributed by atoms with Crippen molar-refractivity contribution < 1.29 is 39.6 Å². The van der Waals surface area contributed by atoms with Crippen molar-refractivity contribution in [3.05, 3.63) is 39.7 Å². The molecule has 38 heavy (non-hydrogen) atoms. The number of primary amides is 1. The summed E-state index contributed by atoms with van der Waals surface area (Å²) in [6.07, 6.45) is 0.577. The van der Waals surface area contributed by atoms with Crippen LogP contribution in [0.5, 0.6) is 5.75 Å². The number of aliphatic hydroxyl groups excluding tert-OH is 2. The summed E-state index contributed by atoms with van der Waals surface area (Å²) in [4.78, 5) is 53.0. The Morgan fingerprint density at radius 2 is 1.87 bits per heavy atom. The molecule has 0 unspecified atom stereocenters. The fraction of sp³-hybridized carbons (Fsp3) is 0.481. The number of aromatic hydroxyl groups is 1. The molecule has 0 bridgehead atoms. The number of hydrogen-bond donors (Lipinski definition) is 5. The van der Waals surface area contributed by atoms with Gasteiger partial charge in [0.2, 0.25) is 12.2 Å². The molecule has 3 aliphatic rings. The summed E-state index contributed by atoms with van der Waals surface area (Å²) in [6.45, 7) is 4.39. The monoisotopic (exact) mass is 527 g/mol. The largest absolute Gasteiger partial charge is 0.508 e. The van der Waals surface area contributed by atoms with E-state index in [2.05, 4.69) is 0 Å². The minimum absolute atomic E-state index is 0.00808. The molecule has 6 N–H and O–H groups in total. The van der Waals surface area contributed by atoms with Gasteiger partial charge in [0.15, 0.2) is 11.4 Å². The highest BCUT2D eigenvalue weighted by atomic mass is 16.3. The Morgan fingerprint density at radius 3 is 2.42 bits per heavy atom. The van der Waals surface area contributed by atoms with Crippen molar-refractivity contribution in [2.45, 2.75) is 45.3 Å². The van der Waals surface area contributed by atoms with Crippen LogP contribution in [0.1, 0.15) is 43.4 Å². The first-order chi connectivity index (χ1) is 17.7. The van der Waals surface area contributed by atoms with Gasteiger partial charge in [-0.2, -0.15) is 0 Å². The Hall–Kier alpha value is -3.86. The third-order valence-corrected chi connectivity index (χ3v) is 7.72. The van der Waals surface area contributed by atoms with Crippen molar-refractivity contribution in [2.75, 3.05) is 25.5 Å². The van der Waals surface area contributed by atoms with Gasteiger partial charge in [0, 0.05) is 56.3 Å². The second-order valence-corrected chi connectivity index (χ2v) is 11.0. The number of Topliss-reactive ketones (excluding diaryl/α,β-unsaturated/α-hetero) is 2. The number of phenolic OH excluding ortho intramolecular Hbond substituents is 1. The van der Waals surface area contributed by atoms with E-state index in [4.69, 9.17) is 5.73 Å². The summed E-state index contributed by atoms with van der Waals surface area (Å²) in [7, 11) is 3.58. The normalized spacial score (nSPS) is 24.7. The number of amides is 2. The predicted octanol–water partition coefficient (Wildman–Crippen LogP) is 1.10. The number of carbonyl (C=O) groups is 4. The fourth-order valence-electron chi connectivity index (χ4n) is 6.08. The average Bonchev–Trinajstić information content (AvgIpc) is 2.81. The molecule has 11 nitrogen and oxygen atoms in total. The van der Waals surface area contributed by atoms with Crippen LogP contribution in [0.3, 0.4) is 0 Å². The maximum absolute atomic E-state index is 13.7. The number of nitrogens with zero attached hydrogens (tertiary/aromatic N) is 2. The summed E-state index contributed by atoms with van der Waals surface area (Å²) in [5.74, 6) is -6.51. The number of hydrogen-bond acceptors (Lipinski definition) is 9. The van der Waals surface area contributed by atoms with Crippen LogP contribution >= 0.6 is 0 Å². The molecule has 0 aliphatic heterocycles. The second-order valence-electron chi connectivity index (χ2n) is 11.0. The van der Waals surface area contributed by atoms with Crippen LogP contribution < -0.4 is 10.6 Å². The van der Waals surface area contributed by atoms with Gasteiger partial charge < -0.3 is 36.0 Å². The molecule has 0 spiro atoms. The molecule has 1 fully saturated rings. The number of carbonyl (C=O) groups excluding carboxylic acids is 4. The highest BCUT2D eigenvalue weighted by Crippen LogP contribution is 2.53. The van der Waals surface area contributed by atoms with Gasteiger partial charge in [0.25, 0.3) is 5.91 Å². The first-order valence-corrected chi connectivity index (χ1v) is 12.5. The lowest BCUT2D eigenvalue weighted by molar-refractivity contribution is -0.147. The molecule has 0 saturated heterocycles. The smallest absolute Gasteiger partial charge is 0.255 e. The first kappa shape index (κ1) is 27.2. The highest BCUT2D eigenvalue weighted by molar-refractivity contribution is 6.22. The lowest BCUT2D eigenvalue weighted by Crippen LogP contribution is -2.58. The Kier molecular flexibility index (Phi) is 6.77. The number of benzene rings is 1. The molecule has 4 rings (SSSR count). The standard InChI is InChI=1S/C27H33N3O8/c1-12(2)9-30(11-31)10-14-7-17(29(3)4)16-6-13-5-15-8-18(32)21(26(28)37)25(36)27(15,38)24(35)19(13)23(34)20(16)22(14)33/h7,11-13,15,33-34,36,38H,5-6,8-10H2,1-4H3,(H2,28,37)/t13-,15+,27+/m1/s1. The predicted molar refractivity (Wildman–Crippen MR) is 137 cm³/mol. The van der Waals surface area contributed by atoms with Crippen LogP contribution in [-0.2, 0) is 32.1 Å². The molecule has 1 aromatic carbocycles. The van der Waals surface area contributed by atoms with Crippen LogP contribution in [-0.4, -0.2) is 75.5 Å². The van der Waals surface area contributed by atoms with Crippen molar-refractivity contribution in [1.82, 2.24) is 4.90 Å². The topological polar surface area (TPSA) is 182 Å². The van der Waals surface area contributed by atoms with E-state index in [0.717, 1.165) is 0 Å². The van der Waals surface area contributed by atoms with Gasteiger partial charge in [-0.25, -0.2) is 0 Å². The minimum atomic E-state index is -2.61. The van der Waals surface area contributed by atoms with Crippen molar-refractivity contribution in [1.29, 1.82) is 0 Å². The van der Waals surface area contributed by atoms with Gasteiger partial charge in [0.05, 0.1) is 5.56 Å². The van der Waals surface area contributed by atoms with Crippen LogP contribution in [0.2, 0.25) is 0 Å². The lowest BCUT2D eigenvalue weighted by Gasteiger charge is -2.46. The summed E-state index contributed by atoms with van der Waals surface area (Å²) < 4.78 is 0. The van der Waals surface area contributed by atoms with Crippen LogP contribution in [0.4, 0.5) is 5.69 Å². The van der Waals surface area contributed by atoms with E-state index in [0.29, 0.717) is 29.8 Å². The van der Waals surface area contributed by atoms with E-state index < -0.39 is 52.0 Å². The van der Waals surface area contributed by atoms with E-state index in [-0.39, 0.29) is 48.6 Å². The van der Waals surface area contributed by atoms with Crippen LogP contribution in [0.15, 0.2) is 23.0 Å². The highest BCUT2D eigenvalue weighted by Gasteiger charge is 2.60. The Bertz CT molecular complexity index is 1310. The van der Waals surface area contributed by atoms with Gasteiger partial charge in [-0.05, 0) is 36.3 Å². The number of rotatable bonds is 7. The van der Waals surface area contributed by atoms with Crippen LogP contribution in [0.25, 0.3) is 5.76 Å². The van der Waals surface area contributed by atoms with Gasteiger partial charge in [-0.1, -0.05) is 13.8 Å². The van der Waals surface area contributed by atoms with E-state index in [1.54, 1.807) is 25.1 Å². The number of aliphatic hydroxyl groups is 3. The maximum atomic E-state index is 13.7. The molecule has 11 heteroatoms. The summed E-state index contributed by atoms with van der Waals surface area (Å²) in [5, 5.41) is 44.8. The lowest BCUT2D eigenvalue weighted by atomic mass is 9.59. The quantitative estimate of drug-likeness (QED) is 0.256. The summed E-state index contributed by atoms with van der Waals surface area (Å²) in [6, 6.07) is 1.74. The molecule has 2 amide bonds. The Labute approximate surface area is 219 Å². The minimum Gasteiger partial charge on any atom is -0.508 e. The van der Waals surface area contributed by atoms with Crippen molar-refractivity contribution in [3.8, 4) is 5.75 Å². The molecule has 1 aromatic rings. The Balaban J connectivity index is 1.90. The average molecular weight is 528 g/mol. The molecule has 3 aliphatic carbocycles. The molecule has 3 atom stereocenters. The van der Waals surface area contributed by atoms with Crippen molar-refractivity contribution in [3.63, 3.8) is 0 Å². The van der Waals surface area contributed by atoms with E-state index in [1.807, 2.05) is 13.8 Å². The Morgan fingerprint density at radius 1 is 1.21 bits per heavy atom. The SMILES string of the molecule is CC(C)CN(C=O)Cc1cc(N(C)C)c2c(c1O)C(O)=C1C(=O)[C@]3(O)C(O)=C(C(N)=O)C(=O)C[C@@H]3C[C@@H]1C2. The van der Waals surface area contributed by atoms with Gasteiger partial charge in [-0.15, -0.1) is 0 Å². The van der Waals surface area contributed by atoms with Gasteiger partial charge in [-0.3, -0.25) is 19.2 Å². The van der Waals surface area contributed by atoms with Crippen molar-refractivity contribution >= 4 is 35.3 Å². The van der Waals surface area contributed by atoms with E-state index in [9.17, 15) is 39.6 Å². The molecular formula is C27H33N3O8. The third kappa shape index (κ3) is 4.01. The molecule has 0 aromatic heterocycles. The van der Waals surface area contributed by atoms with E-state index in [1.165, 1.54) is 4.90 Å². The fourth-order valence-corrected chi connectivity index (χ4v) is 6.08. The number of nitrogens with two attached hydrogens (primary N) is 1. The van der Waals surface area contributed by atoms with E-state index >= 15 is 0 Å². The number of anilines is 1.